The Kier molecular flexibility index (Phi) is 4.68. The monoisotopic (exact) mass is 308 g/mol. The van der Waals surface area contributed by atoms with Gasteiger partial charge in [0.1, 0.15) is 11.4 Å². The largest absolute Gasteiger partial charge is 0.442 e. The number of amides is 2. The van der Waals surface area contributed by atoms with Crippen molar-refractivity contribution in [2.24, 2.45) is 0 Å². The highest BCUT2D eigenvalue weighted by Gasteiger charge is 2.32. The molecule has 6 heteroatoms. The number of piperidine rings is 1. The lowest BCUT2D eigenvalue weighted by molar-refractivity contribution is -0.134. The van der Waals surface area contributed by atoms with Crippen LogP contribution in [0.5, 0.6) is 0 Å². The molecule has 0 atom stereocenters. The van der Waals surface area contributed by atoms with Gasteiger partial charge in [-0.1, -0.05) is 0 Å². The molecule has 1 fully saturated rings. The average Bonchev–Trinajstić information content (AvgIpc) is 2.41. The molecule has 0 aliphatic carbocycles. The molecule has 5 nitrogen and oxygen atoms in total. The summed E-state index contributed by atoms with van der Waals surface area (Å²) in [4.78, 5) is 24.7. The number of anilines is 1. The van der Waals surface area contributed by atoms with Gasteiger partial charge in [-0.15, -0.1) is 0 Å². The number of halogens is 1. The van der Waals surface area contributed by atoms with Crippen LogP contribution >= 0.6 is 0 Å². The normalized spacial score (nSPS) is 15.6. The van der Waals surface area contributed by atoms with Crippen LogP contribution in [0.3, 0.4) is 0 Å². The fourth-order valence-corrected chi connectivity index (χ4v) is 2.23. The van der Waals surface area contributed by atoms with Crippen molar-refractivity contribution < 1.29 is 18.7 Å². The third kappa shape index (κ3) is 3.96. The molecule has 1 saturated heterocycles. The predicted octanol–water partition coefficient (Wildman–Crippen LogP) is 3.49. The van der Waals surface area contributed by atoms with E-state index in [0.717, 1.165) is 12.8 Å². The fraction of sp³-hybridized carbons (Fsp3) is 0.500. The number of rotatable bonds is 2. The van der Waals surface area contributed by atoms with Crippen LogP contribution in [0.2, 0.25) is 0 Å². The van der Waals surface area contributed by atoms with Crippen LogP contribution in [0.1, 0.15) is 40.0 Å². The first-order chi connectivity index (χ1) is 10.3. The number of hydrogen-bond donors (Lipinski definition) is 0. The minimum absolute atomic E-state index is 0.138. The molecule has 0 aromatic heterocycles. The van der Waals surface area contributed by atoms with Gasteiger partial charge in [0.2, 0.25) is 5.91 Å². The number of carbonyl (C=O) groups is 2. The predicted molar refractivity (Wildman–Crippen MR) is 80.7 cm³/mol. The van der Waals surface area contributed by atoms with Gasteiger partial charge in [-0.2, -0.15) is 5.01 Å². The molecule has 2 rings (SSSR count). The summed E-state index contributed by atoms with van der Waals surface area (Å²) in [5.41, 5.74) is -0.278. The summed E-state index contributed by atoms with van der Waals surface area (Å²) in [6.45, 7) is 5.71. The molecule has 0 saturated carbocycles. The van der Waals surface area contributed by atoms with E-state index in [1.807, 2.05) is 0 Å². The van der Waals surface area contributed by atoms with Gasteiger partial charge in [-0.05, 0) is 57.9 Å². The van der Waals surface area contributed by atoms with E-state index in [4.69, 9.17) is 4.74 Å². The maximum Gasteiger partial charge on any atom is 0.434 e. The van der Waals surface area contributed by atoms with Crippen LogP contribution in [-0.4, -0.2) is 29.2 Å². The van der Waals surface area contributed by atoms with E-state index in [2.05, 4.69) is 0 Å². The number of ether oxygens (including phenoxy) is 1. The Bertz CT molecular complexity index is 552. The molecule has 0 N–H and O–H groups in total. The number of carbonyl (C=O) groups excluding carboxylic acids is 2. The van der Waals surface area contributed by atoms with Crippen LogP contribution in [-0.2, 0) is 9.53 Å². The second-order valence-corrected chi connectivity index (χ2v) is 6.24. The van der Waals surface area contributed by atoms with Crippen LogP contribution in [0.25, 0.3) is 0 Å². The molecule has 0 bridgehead atoms. The molecule has 2 amide bonds. The summed E-state index contributed by atoms with van der Waals surface area (Å²) >= 11 is 0. The lowest BCUT2D eigenvalue weighted by Crippen LogP contribution is -2.53. The third-order valence-electron chi connectivity index (χ3n) is 3.18. The first kappa shape index (κ1) is 16.3. The number of benzene rings is 1. The van der Waals surface area contributed by atoms with E-state index in [-0.39, 0.29) is 5.91 Å². The second-order valence-electron chi connectivity index (χ2n) is 6.24. The van der Waals surface area contributed by atoms with E-state index < -0.39 is 17.5 Å². The van der Waals surface area contributed by atoms with Gasteiger partial charge < -0.3 is 4.74 Å². The summed E-state index contributed by atoms with van der Waals surface area (Å²) in [7, 11) is 0. The van der Waals surface area contributed by atoms with Gasteiger partial charge >= 0.3 is 6.09 Å². The van der Waals surface area contributed by atoms with Crippen LogP contribution < -0.4 is 5.01 Å². The van der Waals surface area contributed by atoms with Crippen molar-refractivity contribution in [1.29, 1.82) is 0 Å². The number of hydrogen-bond acceptors (Lipinski definition) is 3. The minimum Gasteiger partial charge on any atom is -0.442 e. The third-order valence-corrected chi connectivity index (χ3v) is 3.18. The van der Waals surface area contributed by atoms with Crippen molar-refractivity contribution in [3.63, 3.8) is 0 Å². The Balaban J connectivity index is 2.33. The van der Waals surface area contributed by atoms with Gasteiger partial charge in [-0.25, -0.2) is 14.2 Å². The molecule has 1 heterocycles. The van der Waals surface area contributed by atoms with E-state index in [0.29, 0.717) is 18.7 Å². The van der Waals surface area contributed by atoms with E-state index in [9.17, 15) is 14.0 Å². The highest BCUT2D eigenvalue weighted by atomic mass is 19.1. The van der Waals surface area contributed by atoms with Gasteiger partial charge in [0.25, 0.3) is 0 Å². The standard InChI is InChI=1S/C16H21FN2O3/c1-16(2,3)22-15(21)19(13-9-7-12(17)8-10-13)18-11-5-4-6-14(18)20/h7-10H,4-6,11H2,1-3H3. The minimum atomic E-state index is -0.686. The Morgan fingerprint density at radius 3 is 2.41 bits per heavy atom. The van der Waals surface area contributed by atoms with Crippen molar-refractivity contribution in [2.45, 2.75) is 45.6 Å². The summed E-state index contributed by atoms with van der Waals surface area (Å²) < 4.78 is 18.5. The zero-order valence-corrected chi connectivity index (χ0v) is 13.1. The van der Waals surface area contributed by atoms with Crippen molar-refractivity contribution >= 4 is 17.7 Å². The first-order valence-electron chi connectivity index (χ1n) is 7.37. The van der Waals surface area contributed by atoms with Gasteiger partial charge in [0.15, 0.2) is 0 Å². The smallest absolute Gasteiger partial charge is 0.434 e. The summed E-state index contributed by atoms with van der Waals surface area (Å²) in [5, 5.41) is 2.58. The molecule has 120 valence electrons. The van der Waals surface area contributed by atoms with E-state index >= 15 is 0 Å². The Labute approximate surface area is 129 Å². The Morgan fingerprint density at radius 2 is 1.86 bits per heavy atom. The first-order valence-corrected chi connectivity index (χ1v) is 7.37. The molecular weight excluding hydrogens is 287 g/mol. The van der Waals surface area contributed by atoms with Crippen LogP contribution in [0.15, 0.2) is 24.3 Å². The summed E-state index contributed by atoms with van der Waals surface area (Å²) in [6.07, 6.45) is 1.36. The van der Waals surface area contributed by atoms with Crippen molar-refractivity contribution in [3.05, 3.63) is 30.1 Å². The number of nitrogens with zero attached hydrogens (tertiary/aromatic N) is 2. The summed E-state index contributed by atoms with van der Waals surface area (Å²) in [6, 6.07) is 5.42. The van der Waals surface area contributed by atoms with Gasteiger partial charge in [-0.3, -0.25) is 4.79 Å². The highest BCUT2D eigenvalue weighted by Crippen LogP contribution is 2.24. The molecule has 1 aromatic rings. The zero-order valence-electron chi connectivity index (χ0n) is 13.1. The van der Waals surface area contributed by atoms with Gasteiger partial charge in [0, 0.05) is 13.0 Å². The Morgan fingerprint density at radius 1 is 1.23 bits per heavy atom. The van der Waals surface area contributed by atoms with Crippen LogP contribution in [0, 0.1) is 5.82 Å². The van der Waals surface area contributed by atoms with E-state index in [1.165, 1.54) is 34.3 Å². The van der Waals surface area contributed by atoms with Crippen molar-refractivity contribution in [3.8, 4) is 0 Å². The Hall–Kier alpha value is -2.11. The second kappa shape index (κ2) is 6.34. The molecule has 0 spiro atoms. The highest BCUT2D eigenvalue weighted by molar-refractivity contribution is 5.92. The molecule has 0 unspecified atom stereocenters. The maximum absolute atomic E-state index is 13.1. The zero-order chi connectivity index (χ0) is 16.3. The molecule has 22 heavy (non-hydrogen) atoms. The van der Waals surface area contributed by atoms with Crippen molar-refractivity contribution in [1.82, 2.24) is 5.01 Å². The van der Waals surface area contributed by atoms with E-state index in [1.54, 1.807) is 20.8 Å². The quantitative estimate of drug-likeness (QED) is 0.840. The maximum atomic E-state index is 13.1. The molecule has 1 aromatic carbocycles. The number of hydrazine groups is 1. The van der Waals surface area contributed by atoms with Gasteiger partial charge in [0.05, 0.1) is 5.69 Å². The molecule has 1 aliphatic rings. The fourth-order valence-electron chi connectivity index (χ4n) is 2.23. The lowest BCUT2D eigenvalue weighted by Gasteiger charge is -2.37. The van der Waals surface area contributed by atoms with Crippen molar-refractivity contribution in [2.75, 3.05) is 11.6 Å². The average molecular weight is 308 g/mol. The molecular formula is C16H21FN2O3. The topological polar surface area (TPSA) is 49.9 Å². The molecule has 1 aliphatic heterocycles. The molecule has 0 radical (unpaired) electrons. The summed E-state index contributed by atoms with van der Waals surface area (Å²) in [5.74, 6) is -0.542. The lowest BCUT2D eigenvalue weighted by atomic mass is 10.1. The SMILES string of the molecule is CC(C)(C)OC(=O)N(c1ccc(F)cc1)N1CCCCC1=O. The van der Waals surface area contributed by atoms with Crippen LogP contribution in [0.4, 0.5) is 14.9 Å².